The molecule has 1 aromatic carbocycles. The van der Waals surface area contributed by atoms with E-state index < -0.39 is 6.10 Å². The average molecular weight is 339 g/mol. The summed E-state index contributed by atoms with van der Waals surface area (Å²) in [4.78, 5) is 24.1. The third-order valence-corrected chi connectivity index (χ3v) is 4.58. The summed E-state index contributed by atoms with van der Waals surface area (Å²) in [6, 6.07) is 6.61. The fourth-order valence-electron chi connectivity index (χ4n) is 3.05. The van der Waals surface area contributed by atoms with Gasteiger partial charge >= 0.3 is 0 Å². The van der Waals surface area contributed by atoms with Gasteiger partial charge in [-0.3, -0.25) is 9.59 Å². The van der Waals surface area contributed by atoms with Gasteiger partial charge in [-0.05, 0) is 30.5 Å². The second-order valence-electron chi connectivity index (χ2n) is 5.95. The first kappa shape index (κ1) is 17.8. The molecule has 2 amide bonds. The number of amides is 2. The van der Waals surface area contributed by atoms with Crippen LogP contribution in [0.15, 0.2) is 24.3 Å². The predicted molar refractivity (Wildman–Crippen MR) is 89.0 cm³/mol. The molecule has 0 heterocycles. The van der Waals surface area contributed by atoms with Gasteiger partial charge in [0.05, 0.1) is 18.4 Å². The van der Waals surface area contributed by atoms with Crippen molar-refractivity contribution in [2.45, 2.75) is 44.2 Å². The van der Waals surface area contributed by atoms with Crippen LogP contribution >= 0.6 is 11.6 Å². The highest BCUT2D eigenvalue weighted by Crippen LogP contribution is 2.25. The Hall–Kier alpha value is -1.59. The van der Waals surface area contributed by atoms with Crippen molar-refractivity contribution < 1.29 is 14.7 Å². The number of aliphatic hydroxyl groups excluding tert-OH is 1. The number of nitrogens with one attached hydrogen (secondary N) is 2. The van der Waals surface area contributed by atoms with Crippen molar-refractivity contribution in [2.24, 2.45) is 5.92 Å². The van der Waals surface area contributed by atoms with E-state index in [9.17, 15) is 14.7 Å². The minimum absolute atomic E-state index is 0.0292. The van der Waals surface area contributed by atoms with Crippen LogP contribution in [0.3, 0.4) is 0 Å². The minimum atomic E-state index is -0.880. The van der Waals surface area contributed by atoms with Crippen LogP contribution in [0.25, 0.3) is 0 Å². The number of carbonyl (C=O) groups is 2. The van der Waals surface area contributed by atoms with Gasteiger partial charge < -0.3 is 15.7 Å². The molecule has 2 rings (SSSR count). The van der Waals surface area contributed by atoms with E-state index in [1.54, 1.807) is 31.3 Å². The van der Waals surface area contributed by atoms with E-state index in [0.29, 0.717) is 10.6 Å². The zero-order chi connectivity index (χ0) is 16.8. The van der Waals surface area contributed by atoms with Crippen molar-refractivity contribution in [2.75, 3.05) is 7.05 Å². The molecular weight excluding hydrogens is 316 g/mol. The first-order chi connectivity index (χ1) is 11.0. The Morgan fingerprint density at radius 1 is 1.26 bits per heavy atom. The quantitative estimate of drug-likeness (QED) is 0.770. The molecule has 0 saturated heterocycles. The van der Waals surface area contributed by atoms with Gasteiger partial charge in [-0.2, -0.15) is 0 Å². The van der Waals surface area contributed by atoms with Crippen molar-refractivity contribution in [3.05, 3.63) is 34.9 Å². The molecule has 3 N–H and O–H groups in total. The summed E-state index contributed by atoms with van der Waals surface area (Å²) in [7, 11) is 1.61. The lowest BCUT2D eigenvalue weighted by atomic mass is 9.83. The van der Waals surface area contributed by atoms with Gasteiger partial charge in [-0.25, -0.2) is 0 Å². The molecule has 0 aliphatic heterocycles. The van der Waals surface area contributed by atoms with Gasteiger partial charge in [0.2, 0.25) is 11.8 Å². The zero-order valence-electron chi connectivity index (χ0n) is 13.2. The van der Waals surface area contributed by atoms with E-state index in [-0.39, 0.29) is 30.2 Å². The summed E-state index contributed by atoms with van der Waals surface area (Å²) in [5, 5.41) is 16.3. The molecule has 126 valence electrons. The van der Waals surface area contributed by atoms with E-state index in [0.717, 1.165) is 25.7 Å². The molecule has 1 fully saturated rings. The van der Waals surface area contributed by atoms with Crippen molar-refractivity contribution in [3.63, 3.8) is 0 Å². The Bertz CT molecular complexity index is 547. The lowest BCUT2D eigenvalue weighted by Gasteiger charge is -2.31. The number of halogens is 1. The fourth-order valence-corrected chi connectivity index (χ4v) is 3.17. The number of hydrogen-bond donors (Lipinski definition) is 3. The molecule has 0 radical (unpaired) electrons. The Kier molecular flexibility index (Phi) is 6.42. The predicted octanol–water partition coefficient (Wildman–Crippen LogP) is 2.18. The van der Waals surface area contributed by atoms with Crippen molar-refractivity contribution in [1.82, 2.24) is 10.6 Å². The normalized spacial score (nSPS) is 22.2. The smallest absolute Gasteiger partial charge is 0.224 e. The molecule has 1 aliphatic carbocycles. The number of carbonyl (C=O) groups excluding carboxylic acids is 2. The molecular formula is C17H23ClN2O3. The van der Waals surface area contributed by atoms with Crippen LogP contribution in [0, 0.1) is 5.92 Å². The molecule has 1 aliphatic rings. The SMILES string of the molecule is CNC(=O)C1CCCCC1NC(=O)CC(O)c1ccc(Cl)cc1. The number of benzene rings is 1. The van der Waals surface area contributed by atoms with Gasteiger partial charge in [0.15, 0.2) is 0 Å². The van der Waals surface area contributed by atoms with Crippen LogP contribution in [0.4, 0.5) is 0 Å². The third kappa shape index (κ3) is 4.94. The maximum atomic E-state index is 12.2. The van der Waals surface area contributed by atoms with Crippen molar-refractivity contribution in [1.29, 1.82) is 0 Å². The van der Waals surface area contributed by atoms with Gasteiger partial charge in [0, 0.05) is 18.1 Å². The number of aliphatic hydroxyl groups is 1. The van der Waals surface area contributed by atoms with Crippen LogP contribution in [-0.4, -0.2) is 30.0 Å². The Morgan fingerprint density at radius 3 is 2.57 bits per heavy atom. The van der Waals surface area contributed by atoms with Crippen molar-refractivity contribution in [3.8, 4) is 0 Å². The molecule has 3 atom stereocenters. The molecule has 1 saturated carbocycles. The average Bonchev–Trinajstić information content (AvgIpc) is 2.55. The summed E-state index contributed by atoms with van der Waals surface area (Å²) in [6.45, 7) is 0. The van der Waals surface area contributed by atoms with Gasteiger partial charge in [-0.15, -0.1) is 0 Å². The topological polar surface area (TPSA) is 78.4 Å². The molecule has 23 heavy (non-hydrogen) atoms. The molecule has 0 spiro atoms. The summed E-state index contributed by atoms with van der Waals surface area (Å²) in [5.74, 6) is -0.466. The number of rotatable bonds is 5. The zero-order valence-corrected chi connectivity index (χ0v) is 14.0. The summed E-state index contributed by atoms with van der Waals surface area (Å²) < 4.78 is 0. The standard InChI is InChI=1S/C17H23ClN2O3/c1-19-17(23)13-4-2-3-5-14(13)20-16(22)10-15(21)11-6-8-12(18)9-7-11/h6-9,13-15,21H,2-5,10H2,1H3,(H,19,23)(H,20,22). The molecule has 0 bridgehead atoms. The molecule has 0 aromatic heterocycles. The minimum Gasteiger partial charge on any atom is -0.388 e. The Morgan fingerprint density at radius 2 is 1.91 bits per heavy atom. The summed E-state index contributed by atoms with van der Waals surface area (Å²) >= 11 is 5.81. The van der Waals surface area contributed by atoms with E-state index in [1.807, 2.05) is 0 Å². The number of hydrogen-bond acceptors (Lipinski definition) is 3. The van der Waals surface area contributed by atoms with Crippen molar-refractivity contribution >= 4 is 23.4 Å². The third-order valence-electron chi connectivity index (χ3n) is 4.33. The van der Waals surface area contributed by atoms with Gasteiger partial charge in [0.1, 0.15) is 0 Å². The van der Waals surface area contributed by atoms with Crippen LogP contribution < -0.4 is 10.6 Å². The highest BCUT2D eigenvalue weighted by atomic mass is 35.5. The van der Waals surface area contributed by atoms with E-state index in [2.05, 4.69) is 10.6 Å². The van der Waals surface area contributed by atoms with Gasteiger partial charge in [0.25, 0.3) is 0 Å². The van der Waals surface area contributed by atoms with Crippen LogP contribution in [-0.2, 0) is 9.59 Å². The maximum absolute atomic E-state index is 12.2. The first-order valence-electron chi connectivity index (χ1n) is 7.95. The molecule has 3 unspecified atom stereocenters. The summed E-state index contributed by atoms with van der Waals surface area (Å²) in [6.07, 6.45) is 2.66. The monoisotopic (exact) mass is 338 g/mol. The lowest BCUT2D eigenvalue weighted by Crippen LogP contribution is -2.48. The second kappa shape index (κ2) is 8.31. The molecule has 6 heteroatoms. The van der Waals surface area contributed by atoms with Crippen LogP contribution in [0.5, 0.6) is 0 Å². The Balaban J connectivity index is 1.92. The fraction of sp³-hybridized carbons (Fsp3) is 0.529. The van der Waals surface area contributed by atoms with E-state index >= 15 is 0 Å². The van der Waals surface area contributed by atoms with Crippen LogP contribution in [0.1, 0.15) is 43.8 Å². The van der Waals surface area contributed by atoms with E-state index in [1.165, 1.54) is 0 Å². The highest BCUT2D eigenvalue weighted by molar-refractivity contribution is 6.30. The second-order valence-corrected chi connectivity index (χ2v) is 6.39. The lowest BCUT2D eigenvalue weighted by molar-refractivity contribution is -0.128. The molecule has 5 nitrogen and oxygen atoms in total. The highest BCUT2D eigenvalue weighted by Gasteiger charge is 2.31. The Labute approximate surface area is 141 Å². The first-order valence-corrected chi connectivity index (χ1v) is 8.33. The molecule has 1 aromatic rings. The van der Waals surface area contributed by atoms with Crippen LogP contribution in [0.2, 0.25) is 5.02 Å². The van der Waals surface area contributed by atoms with E-state index in [4.69, 9.17) is 11.6 Å². The summed E-state index contributed by atoms with van der Waals surface area (Å²) in [5.41, 5.74) is 0.649. The van der Waals surface area contributed by atoms with Gasteiger partial charge in [-0.1, -0.05) is 36.6 Å². The maximum Gasteiger partial charge on any atom is 0.224 e. The largest absolute Gasteiger partial charge is 0.388 e.